The molecule has 0 bridgehead atoms. The van der Waals surface area contributed by atoms with Crippen LogP contribution in [0.3, 0.4) is 0 Å². The molecule has 16 heavy (non-hydrogen) atoms. The van der Waals surface area contributed by atoms with Crippen molar-refractivity contribution in [2.24, 2.45) is 0 Å². The third kappa shape index (κ3) is 2.64. The van der Waals surface area contributed by atoms with Crippen LogP contribution in [0.15, 0.2) is 12.1 Å². The Morgan fingerprint density at radius 2 is 2.25 bits per heavy atom. The van der Waals surface area contributed by atoms with Crippen LogP contribution in [0.5, 0.6) is 5.75 Å². The Kier molecular flexibility index (Phi) is 4.55. The number of nitrogens with zero attached hydrogens (tertiary/aromatic N) is 1. The van der Waals surface area contributed by atoms with E-state index in [-0.39, 0.29) is 0 Å². The fourth-order valence-corrected chi connectivity index (χ4v) is 2.06. The van der Waals surface area contributed by atoms with Crippen LogP contribution in [-0.4, -0.2) is 19.7 Å². The number of carbonyl (C=O) groups excluding carboxylic acids is 1. The molecular formula is C11H10INO3. The number of esters is 1. The maximum absolute atomic E-state index is 11.5. The van der Waals surface area contributed by atoms with Gasteiger partial charge >= 0.3 is 5.97 Å². The van der Waals surface area contributed by atoms with Crippen molar-refractivity contribution in [2.45, 2.75) is 6.92 Å². The molecule has 0 radical (unpaired) electrons. The molecule has 0 spiro atoms. The topological polar surface area (TPSA) is 59.3 Å². The maximum atomic E-state index is 11.5. The highest BCUT2D eigenvalue weighted by Gasteiger charge is 2.14. The Morgan fingerprint density at radius 1 is 1.56 bits per heavy atom. The van der Waals surface area contributed by atoms with Crippen LogP contribution in [0.4, 0.5) is 0 Å². The van der Waals surface area contributed by atoms with E-state index in [1.165, 1.54) is 13.2 Å². The summed E-state index contributed by atoms with van der Waals surface area (Å²) in [6, 6.07) is 5.10. The highest BCUT2D eigenvalue weighted by molar-refractivity contribution is 14.1. The van der Waals surface area contributed by atoms with Crippen molar-refractivity contribution in [1.82, 2.24) is 0 Å². The number of halogens is 1. The van der Waals surface area contributed by atoms with Crippen LogP contribution in [0.1, 0.15) is 22.8 Å². The molecule has 0 amide bonds. The predicted octanol–water partition coefficient (Wildman–Crippen LogP) is 2.35. The molecule has 1 aromatic carbocycles. The van der Waals surface area contributed by atoms with Gasteiger partial charge < -0.3 is 9.47 Å². The zero-order chi connectivity index (χ0) is 12.1. The van der Waals surface area contributed by atoms with Crippen molar-refractivity contribution in [2.75, 3.05) is 13.7 Å². The summed E-state index contributed by atoms with van der Waals surface area (Å²) in [7, 11) is 1.49. The van der Waals surface area contributed by atoms with Gasteiger partial charge in [0.25, 0.3) is 0 Å². The number of benzene rings is 1. The van der Waals surface area contributed by atoms with E-state index in [9.17, 15) is 4.79 Å². The monoisotopic (exact) mass is 331 g/mol. The van der Waals surface area contributed by atoms with Crippen molar-refractivity contribution >= 4 is 28.6 Å². The fraction of sp³-hybridized carbons (Fsp3) is 0.273. The molecule has 84 valence electrons. The largest absolute Gasteiger partial charge is 0.494 e. The van der Waals surface area contributed by atoms with Gasteiger partial charge in [-0.25, -0.2) is 4.79 Å². The molecule has 5 heteroatoms. The van der Waals surface area contributed by atoms with E-state index >= 15 is 0 Å². The Balaban J connectivity index is 3.21. The van der Waals surface area contributed by atoms with Gasteiger partial charge in [0, 0.05) is 0 Å². The number of hydrogen-bond donors (Lipinski definition) is 0. The van der Waals surface area contributed by atoms with Gasteiger partial charge in [-0.05, 0) is 41.6 Å². The summed E-state index contributed by atoms with van der Waals surface area (Å²) in [5.41, 5.74) is 0.695. The van der Waals surface area contributed by atoms with E-state index in [4.69, 9.17) is 14.7 Å². The Morgan fingerprint density at radius 3 is 2.75 bits per heavy atom. The van der Waals surface area contributed by atoms with Crippen LogP contribution in [0.25, 0.3) is 0 Å². The summed E-state index contributed by atoms with van der Waals surface area (Å²) in [5.74, 6) is 0.0516. The van der Waals surface area contributed by atoms with Crippen molar-refractivity contribution in [3.8, 4) is 11.8 Å². The minimum atomic E-state index is -0.431. The molecule has 4 nitrogen and oxygen atoms in total. The molecule has 0 heterocycles. The average molecular weight is 331 g/mol. The molecule has 0 aromatic heterocycles. The molecule has 1 rings (SSSR count). The molecule has 0 atom stereocenters. The minimum Gasteiger partial charge on any atom is -0.494 e. The SMILES string of the molecule is CCOC(=O)c1cc(I)c(OC)c(C#N)c1. The average Bonchev–Trinajstić information content (AvgIpc) is 2.28. The van der Waals surface area contributed by atoms with E-state index in [1.807, 2.05) is 28.7 Å². The number of nitriles is 1. The lowest BCUT2D eigenvalue weighted by molar-refractivity contribution is 0.0526. The summed E-state index contributed by atoms with van der Waals surface area (Å²) in [5, 5.41) is 8.92. The molecule has 0 aliphatic rings. The molecule has 0 N–H and O–H groups in total. The fourth-order valence-electron chi connectivity index (χ4n) is 1.22. The van der Waals surface area contributed by atoms with Crippen LogP contribution in [0, 0.1) is 14.9 Å². The van der Waals surface area contributed by atoms with Gasteiger partial charge in [-0.15, -0.1) is 0 Å². The standard InChI is InChI=1S/C11H10INO3/c1-3-16-11(14)7-4-8(6-13)10(15-2)9(12)5-7/h4-5H,3H2,1-2H3. The second-order valence-corrected chi connectivity index (χ2v) is 4.03. The van der Waals surface area contributed by atoms with Gasteiger partial charge in [0.1, 0.15) is 11.8 Å². The Labute approximate surface area is 107 Å². The normalized spacial score (nSPS) is 9.38. The molecule has 0 aliphatic heterocycles. The molecular weight excluding hydrogens is 321 g/mol. The quantitative estimate of drug-likeness (QED) is 0.630. The second-order valence-electron chi connectivity index (χ2n) is 2.87. The summed E-state index contributed by atoms with van der Waals surface area (Å²) < 4.78 is 10.7. The summed E-state index contributed by atoms with van der Waals surface area (Å²) in [4.78, 5) is 11.5. The number of methoxy groups -OCH3 is 1. The lowest BCUT2D eigenvalue weighted by Gasteiger charge is -2.08. The lowest BCUT2D eigenvalue weighted by Crippen LogP contribution is -2.06. The zero-order valence-electron chi connectivity index (χ0n) is 8.91. The van der Waals surface area contributed by atoms with Crippen LogP contribution >= 0.6 is 22.6 Å². The van der Waals surface area contributed by atoms with Crippen molar-refractivity contribution in [3.05, 3.63) is 26.8 Å². The first-order valence-corrected chi connectivity index (χ1v) is 5.66. The van der Waals surface area contributed by atoms with E-state index in [0.29, 0.717) is 27.1 Å². The van der Waals surface area contributed by atoms with Crippen LogP contribution < -0.4 is 4.74 Å². The number of carbonyl (C=O) groups is 1. The van der Waals surface area contributed by atoms with Crippen molar-refractivity contribution in [3.63, 3.8) is 0 Å². The van der Waals surface area contributed by atoms with Gasteiger partial charge in [-0.1, -0.05) is 0 Å². The first-order valence-electron chi connectivity index (χ1n) is 4.58. The van der Waals surface area contributed by atoms with Gasteiger partial charge in [-0.3, -0.25) is 0 Å². The molecule has 0 unspecified atom stereocenters. The Hall–Kier alpha value is -1.29. The highest BCUT2D eigenvalue weighted by atomic mass is 127. The lowest BCUT2D eigenvalue weighted by atomic mass is 10.1. The van der Waals surface area contributed by atoms with E-state index in [0.717, 1.165) is 0 Å². The number of hydrogen-bond acceptors (Lipinski definition) is 4. The summed E-state index contributed by atoms with van der Waals surface area (Å²) in [6.07, 6.45) is 0. The van der Waals surface area contributed by atoms with E-state index in [1.54, 1.807) is 13.0 Å². The first-order chi connectivity index (χ1) is 7.63. The maximum Gasteiger partial charge on any atom is 0.338 e. The van der Waals surface area contributed by atoms with Crippen LogP contribution in [-0.2, 0) is 4.74 Å². The molecule has 0 fully saturated rings. The minimum absolute atomic E-state index is 0.309. The first kappa shape index (κ1) is 12.8. The van der Waals surface area contributed by atoms with E-state index < -0.39 is 5.97 Å². The zero-order valence-corrected chi connectivity index (χ0v) is 11.1. The summed E-state index contributed by atoms with van der Waals surface area (Å²) >= 11 is 2.01. The Bertz CT molecular complexity index is 451. The second kappa shape index (κ2) is 5.70. The smallest absolute Gasteiger partial charge is 0.338 e. The molecule has 0 aliphatic carbocycles. The van der Waals surface area contributed by atoms with Gasteiger partial charge in [0.2, 0.25) is 0 Å². The molecule has 0 saturated carbocycles. The van der Waals surface area contributed by atoms with Gasteiger partial charge in [-0.2, -0.15) is 5.26 Å². The number of ether oxygens (including phenoxy) is 2. The van der Waals surface area contributed by atoms with E-state index in [2.05, 4.69) is 0 Å². The summed E-state index contributed by atoms with van der Waals surface area (Å²) in [6.45, 7) is 2.04. The number of rotatable bonds is 3. The predicted molar refractivity (Wildman–Crippen MR) is 66.4 cm³/mol. The van der Waals surface area contributed by atoms with Gasteiger partial charge in [0.15, 0.2) is 0 Å². The third-order valence-corrected chi connectivity index (χ3v) is 2.68. The highest BCUT2D eigenvalue weighted by Crippen LogP contribution is 2.26. The third-order valence-electron chi connectivity index (χ3n) is 1.88. The van der Waals surface area contributed by atoms with Crippen molar-refractivity contribution < 1.29 is 14.3 Å². The van der Waals surface area contributed by atoms with Crippen molar-refractivity contribution in [1.29, 1.82) is 5.26 Å². The molecule has 0 saturated heterocycles. The molecule has 1 aromatic rings. The van der Waals surface area contributed by atoms with Gasteiger partial charge in [0.05, 0.1) is 28.4 Å². The van der Waals surface area contributed by atoms with Crippen LogP contribution in [0.2, 0.25) is 0 Å².